The number of carbonyl (C=O) groups excluding carboxylic acids is 1. The van der Waals surface area contributed by atoms with Gasteiger partial charge >= 0.3 is 35.6 Å². The van der Waals surface area contributed by atoms with Gasteiger partial charge in [0.2, 0.25) is 12.0 Å². The Hall–Kier alpha value is -1.62. The monoisotopic (exact) mass is 392 g/mol. The lowest BCUT2D eigenvalue weighted by Gasteiger charge is -2.06. The number of hydrogen-bond acceptors (Lipinski definition) is 9. The molecule has 0 unspecified atom stereocenters. The van der Waals surface area contributed by atoms with Crippen LogP contribution in [0.15, 0.2) is 12.5 Å². The number of hydrogen-bond donors (Lipinski definition) is 6. The fourth-order valence-corrected chi connectivity index (χ4v) is 1.08. The van der Waals surface area contributed by atoms with Crippen molar-refractivity contribution in [3.63, 3.8) is 0 Å². The normalized spacial score (nSPS) is 8.50. The summed E-state index contributed by atoms with van der Waals surface area (Å²) >= 11 is 0. The van der Waals surface area contributed by atoms with Gasteiger partial charge in [-0.25, -0.2) is 13.9 Å². The lowest BCUT2D eigenvalue weighted by Crippen LogP contribution is -2.33. The van der Waals surface area contributed by atoms with Crippen molar-refractivity contribution in [2.75, 3.05) is 0 Å². The number of aromatic nitrogens is 2. The Morgan fingerprint density at radius 2 is 1.46 bits per heavy atom. The van der Waals surface area contributed by atoms with E-state index < -0.39 is 35.6 Å². The van der Waals surface area contributed by atoms with E-state index in [0.29, 0.717) is 6.54 Å². The summed E-state index contributed by atoms with van der Waals surface area (Å²) < 4.78 is 49.2. The molecule has 1 rings (SSSR count). The van der Waals surface area contributed by atoms with Gasteiger partial charge < -0.3 is 39.8 Å². The zero-order chi connectivity index (χ0) is 21.4. The van der Waals surface area contributed by atoms with E-state index in [4.69, 9.17) is 30.1 Å². The molecule has 0 spiro atoms. The first-order chi connectivity index (χ1) is 11.7. The number of halogens is 4. The van der Waals surface area contributed by atoms with Crippen LogP contribution in [0.3, 0.4) is 0 Å². The van der Waals surface area contributed by atoms with E-state index in [1.165, 1.54) is 10.8 Å². The maximum atomic E-state index is 11.8. The maximum absolute atomic E-state index is 11.8. The van der Waals surface area contributed by atoms with Crippen molar-refractivity contribution in [2.24, 2.45) is 7.05 Å². The van der Waals surface area contributed by atoms with Crippen molar-refractivity contribution in [3.8, 4) is 0 Å². The third-order valence-corrected chi connectivity index (χ3v) is 1.76. The van der Waals surface area contributed by atoms with Crippen LogP contribution in [0.25, 0.3) is 0 Å². The van der Waals surface area contributed by atoms with Gasteiger partial charge in [0.1, 0.15) is 6.20 Å². The average molecular weight is 391 g/mol. The summed E-state index contributed by atoms with van der Waals surface area (Å²) in [5.74, 6) is -0.956. The zero-order valence-electron chi connectivity index (χ0n) is 13.5. The molecule has 0 amide bonds. The first-order valence-electron chi connectivity index (χ1n) is 6.31. The second-order valence-electron chi connectivity index (χ2n) is 3.68. The van der Waals surface area contributed by atoms with Crippen molar-refractivity contribution < 1.29 is 66.4 Å². The van der Waals surface area contributed by atoms with Gasteiger partial charge in [0.25, 0.3) is 0 Å². The summed E-state index contributed by atoms with van der Waals surface area (Å²) in [6.07, 6.45) is 3.14. The predicted molar refractivity (Wildman–Crippen MR) is 77.5 cm³/mol. The molecule has 0 aromatic carbocycles. The number of rotatable bonds is 3. The third-order valence-electron chi connectivity index (χ3n) is 1.76. The SMILES string of the molecule is CC[n+]1cc(C(=O)OB([O-])F)n(C)c1.OB(O)F.OB(O)F.OB(O)F. The molecule has 0 aliphatic carbocycles. The smallest absolute Gasteiger partial charge is 0.674 e. The summed E-state index contributed by atoms with van der Waals surface area (Å²) in [5.41, 5.74) is 0.144. The topological polar surface area (TPSA) is 180 Å². The summed E-state index contributed by atoms with van der Waals surface area (Å²) in [7, 11) is -9.21. The molecule has 0 saturated heterocycles. The molecular weight excluding hydrogens is 375 g/mol. The average Bonchev–Trinajstić information content (AvgIpc) is 2.77. The van der Waals surface area contributed by atoms with E-state index in [-0.39, 0.29) is 5.69 Å². The van der Waals surface area contributed by atoms with Crippen LogP contribution in [0.5, 0.6) is 0 Å². The summed E-state index contributed by atoms with van der Waals surface area (Å²) in [6, 6.07) is 0. The van der Waals surface area contributed by atoms with Gasteiger partial charge in [0.15, 0.2) is 0 Å². The molecule has 0 radical (unpaired) electrons. The minimum Gasteiger partial charge on any atom is -0.816 e. The minimum atomic E-state index is -2.83. The van der Waals surface area contributed by atoms with Gasteiger partial charge in [0.05, 0.1) is 13.6 Å². The van der Waals surface area contributed by atoms with Crippen molar-refractivity contribution in [1.82, 2.24) is 4.57 Å². The molecule has 0 bridgehead atoms. The van der Waals surface area contributed by atoms with Gasteiger partial charge in [-0.2, -0.15) is 0 Å². The number of carbonyl (C=O) groups is 1. The highest BCUT2D eigenvalue weighted by Gasteiger charge is 2.20. The Bertz CT molecular complexity index is 460. The molecule has 11 nitrogen and oxygen atoms in total. The van der Waals surface area contributed by atoms with E-state index in [2.05, 4.69) is 4.65 Å². The van der Waals surface area contributed by atoms with Crippen LogP contribution < -0.4 is 9.59 Å². The molecule has 0 atom stereocenters. The van der Waals surface area contributed by atoms with Crippen molar-refractivity contribution in [3.05, 3.63) is 18.2 Å². The molecule has 1 aromatic heterocycles. The molecule has 1 aromatic rings. The minimum absolute atomic E-state index is 0.144. The maximum Gasteiger partial charge on any atom is 0.674 e. The van der Waals surface area contributed by atoms with Crippen LogP contribution in [0.4, 0.5) is 17.3 Å². The predicted octanol–water partition coefficient (Wildman–Crippen LogP) is -4.42. The highest BCUT2D eigenvalue weighted by molar-refractivity contribution is 6.35. The van der Waals surface area contributed by atoms with Gasteiger partial charge in [-0.1, -0.05) is 0 Å². The first-order valence-corrected chi connectivity index (χ1v) is 6.31. The molecule has 0 aliphatic rings. The standard InChI is InChI=1S/C7H10BFN2O3.3BFH2O2/c1-3-11-4-6(10(2)5-11)7(12)14-8(9)13;3*2-1(3)4/h4-5H,3H2,1-2H3;3*3-4H. The molecule has 148 valence electrons. The lowest BCUT2D eigenvalue weighted by molar-refractivity contribution is -0.693. The second-order valence-corrected chi connectivity index (χ2v) is 3.68. The van der Waals surface area contributed by atoms with Crippen molar-refractivity contribution in [1.29, 1.82) is 0 Å². The summed E-state index contributed by atoms with van der Waals surface area (Å²) in [6.45, 7) is 2.57. The summed E-state index contributed by atoms with van der Waals surface area (Å²) in [4.78, 5) is 11.1. The van der Waals surface area contributed by atoms with Gasteiger partial charge in [-0.3, -0.25) is 17.3 Å². The largest absolute Gasteiger partial charge is 0.816 e. The molecule has 0 fully saturated rings. The van der Waals surface area contributed by atoms with E-state index in [0.717, 1.165) is 0 Å². The Kier molecular flexibility index (Phi) is 18.9. The molecule has 6 N–H and O–H groups in total. The van der Waals surface area contributed by atoms with Crippen LogP contribution in [-0.2, 0) is 18.2 Å². The highest BCUT2D eigenvalue weighted by Crippen LogP contribution is 1.98. The highest BCUT2D eigenvalue weighted by atomic mass is 19.1. The molecule has 19 heteroatoms. The van der Waals surface area contributed by atoms with E-state index in [1.54, 1.807) is 17.9 Å². The Morgan fingerprint density at radius 3 is 1.69 bits per heavy atom. The fraction of sp³-hybridized carbons (Fsp3) is 0.429. The van der Waals surface area contributed by atoms with Gasteiger partial charge in [-0.15, -0.1) is 0 Å². The van der Waals surface area contributed by atoms with Crippen LogP contribution in [-0.4, -0.2) is 70.3 Å². The second kappa shape index (κ2) is 16.8. The molecule has 1 heterocycles. The Balaban J connectivity index is -0.000000362. The first kappa shape index (κ1) is 29.2. The lowest BCUT2D eigenvalue weighted by atomic mass is 10.3. The van der Waals surface area contributed by atoms with Crippen molar-refractivity contribution >= 4 is 35.6 Å². The fourth-order valence-electron chi connectivity index (χ4n) is 1.08. The Labute approximate surface area is 146 Å². The Morgan fingerprint density at radius 1 is 1.12 bits per heavy atom. The van der Waals surface area contributed by atoms with Crippen LogP contribution in [0.2, 0.25) is 0 Å². The molecule has 0 aliphatic heterocycles. The molecular formula is C7H16B4F4N2O9. The van der Waals surface area contributed by atoms with Gasteiger partial charge in [0, 0.05) is 0 Å². The van der Waals surface area contributed by atoms with E-state index >= 15 is 0 Å². The number of imidazole rings is 1. The zero-order valence-corrected chi connectivity index (χ0v) is 13.5. The quantitative estimate of drug-likeness (QED) is 0.168. The molecule has 0 saturated carbocycles. The number of nitrogens with zero attached hydrogens (tertiary/aromatic N) is 2. The van der Waals surface area contributed by atoms with Gasteiger partial charge in [-0.05, 0) is 6.92 Å². The van der Waals surface area contributed by atoms with Crippen molar-refractivity contribution in [2.45, 2.75) is 13.5 Å². The summed E-state index contributed by atoms with van der Waals surface area (Å²) in [5, 5.41) is 51.6. The van der Waals surface area contributed by atoms with Crippen LogP contribution >= 0.6 is 0 Å². The number of aryl methyl sites for hydroxylation is 2. The van der Waals surface area contributed by atoms with Crippen LogP contribution in [0.1, 0.15) is 17.4 Å². The van der Waals surface area contributed by atoms with E-state index in [9.17, 15) is 27.1 Å². The molecule has 26 heavy (non-hydrogen) atoms. The van der Waals surface area contributed by atoms with Crippen LogP contribution in [0, 0.1) is 0 Å². The van der Waals surface area contributed by atoms with E-state index in [1.807, 2.05) is 6.92 Å². The third kappa shape index (κ3) is 24.6.